The van der Waals surface area contributed by atoms with Gasteiger partial charge in [0.1, 0.15) is 0 Å². The van der Waals surface area contributed by atoms with E-state index in [4.69, 9.17) is 0 Å². The van der Waals surface area contributed by atoms with E-state index in [0.717, 1.165) is 12.1 Å². The Morgan fingerprint density at radius 1 is 1.56 bits per heavy atom. The largest absolute Gasteiger partial charge is 0.336 e. The molecule has 1 N–H and O–H groups in total. The molecule has 92 valence electrons. The lowest BCUT2D eigenvalue weighted by molar-refractivity contribution is 0.565. The van der Waals surface area contributed by atoms with Gasteiger partial charge in [-0.3, -0.25) is 0 Å². The van der Waals surface area contributed by atoms with Crippen molar-refractivity contribution in [2.24, 2.45) is 7.05 Å². The molecule has 0 saturated heterocycles. The predicted molar refractivity (Wildman–Crippen MR) is 67.3 cm³/mol. The van der Waals surface area contributed by atoms with Crippen molar-refractivity contribution in [1.82, 2.24) is 14.3 Å². The van der Waals surface area contributed by atoms with E-state index in [1.165, 1.54) is 0 Å². The summed E-state index contributed by atoms with van der Waals surface area (Å²) in [5.74, 6) is 0. The van der Waals surface area contributed by atoms with Gasteiger partial charge in [-0.15, -0.1) is 0 Å². The van der Waals surface area contributed by atoms with Gasteiger partial charge in [0, 0.05) is 13.2 Å². The first-order valence-electron chi connectivity index (χ1n) is 5.50. The van der Waals surface area contributed by atoms with E-state index in [9.17, 15) is 4.21 Å². The van der Waals surface area contributed by atoms with Gasteiger partial charge in [0.05, 0.1) is 33.8 Å². The third-order valence-corrected chi connectivity index (χ3v) is 4.04. The Morgan fingerprint density at radius 3 is 2.56 bits per heavy atom. The van der Waals surface area contributed by atoms with Crippen molar-refractivity contribution in [1.29, 1.82) is 0 Å². The summed E-state index contributed by atoms with van der Waals surface area (Å²) in [6.45, 7) is 7.97. The van der Waals surface area contributed by atoms with E-state index in [2.05, 4.69) is 16.6 Å². The van der Waals surface area contributed by atoms with Gasteiger partial charge < -0.3 is 4.57 Å². The molecule has 0 saturated carbocycles. The van der Waals surface area contributed by atoms with Crippen LogP contribution in [0.2, 0.25) is 0 Å². The first kappa shape index (κ1) is 13.4. The van der Waals surface area contributed by atoms with Crippen LogP contribution >= 0.6 is 0 Å². The molecule has 4 nitrogen and oxygen atoms in total. The smallest absolute Gasteiger partial charge is 0.0976 e. The monoisotopic (exact) mass is 243 g/mol. The van der Waals surface area contributed by atoms with Gasteiger partial charge in [0.2, 0.25) is 0 Å². The summed E-state index contributed by atoms with van der Waals surface area (Å²) in [4.78, 5) is 4.08. The number of aromatic nitrogens is 2. The molecule has 0 aliphatic rings. The quantitative estimate of drug-likeness (QED) is 0.878. The lowest BCUT2D eigenvalue weighted by atomic mass is 10.2. The fourth-order valence-corrected chi connectivity index (χ4v) is 2.26. The van der Waals surface area contributed by atoms with Crippen molar-refractivity contribution in [3.05, 3.63) is 18.2 Å². The summed E-state index contributed by atoms with van der Waals surface area (Å²) < 4.78 is 16.9. The summed E-state index contributed by atoms with van der Waals surface area (Å²) in [5, 5.41) is 0. The molecule has 0 spiro atoms. The predicted octanol–water partition coefficient (Wildman–Crippen LogP) is 1.92. The van der Waals surface area contributed by atoms with Crippen LogP contribution in [0.4, 0.5) is 0 Å². The van der Waals surface area contributed by atoms with E-state index in [0.29, 0.717) is 0 Å². The number of nitrogens with zero attached hydrogens (tertiary/aromatic N) is 2. The van der Waals surface area contributed by atoms with Crippen molar-refractivity contribution in [2.75, 3.05) is 0 Å². The zero-order valence-electron chi connectivity index (χ0n) is 10.7. The molecule has 5 heteroatoms. The van der Waals surface area contributed by atoms with Gasteiger partial charge in [-0.05, 0) is 27.2 Å². The number of rotatable bonds is 4. The van der Waals surface area contributed by atoms with Crippen molar-refractivity contribution >= 4 is 11.0 Å². The standard InChI is InChI=1S/C11H21N3OS/c1-6-9(10-7-12-8-14(10)5)13-16(15)11(2,3)4/h7-9,13H,6H2,1-5H3. The molecule has 1 heterocycles. The third-order valence-electron chi connectivity index (χ3n) is 2.42. The normalized spacial score (nSPS) is 16.1. The Morgan fingerprint density at radius 2 is 2.19 bits per heavy atom. The number of hydrogen-bond donors (Lipinski definition) is 1. The summed E-state index contributed by atoms with van der Waals surface area (Å²) in [6, 6.07) is 0.0903. The first-order chi connectivity index (χ1) is 7.36. The first-order valence-corrected chi connectivity index (χ1v) is 6.65. The average molecular weight is 243 g/mol. The molecule has 0 radical (unpaired) electrons. The summed E-state index contributed by atoms with van der Waals surface area (Å²) in [5.41, 5.74) is 1.07. The molecule has 1 rings (SSSR count). The molecular weight excluding hydrogens is 222 g/mol. The van der Waals surface area contributed by atoms with E-state index < -0.39 is 11.0 Å². The third kappa shape index (κ3) is 3.15. The molecule has 1 aromatic heterocycles. The van der Waals surface area contributed by atoms with Crippen LogP contribution in [0.3, 0.4) is 0 Å². The Hall–Kier alpha value is -0.680. The molecule has 0 aliphatic carbocycles. The highest BCUT2D eigenvalue weighted by Crippen LogP contribution is 2.19. The zero-order chi connectivity index (χ0) is 12.3. The Balaban J connectivity index is 2.78. The van der Waals surface area contributed by atoms with Gasteiger partial charge in [-0.2, -0.15) is 0 Å². The lowest BCUT2D eigenvalue weighted by Gasteiger charge is -2.23. The van der Waals surface area contributed by atoms with Crippen LogP contribution in [-0.4, -0.2) is 18.5 Å². The van der Waals surface area contributed by atoms with Crippen LogP contribution in [-0.2, 0) is 18.0 Å². The Kier molecular flexibility index (Phi) is 4.27. The van der Waals surface area contributed by atoms with Crippen LogP contribution in [0.5, 0.6) is 0 Å². The molecule has 0 bridgehead atoms. The van der Waals surface area contributed by atoms with Crippen molar-refractivity contribution in [3.63, 3.8) is 0 Å². The highest BCUT2D eigenvalue weighted by molar-refractivity contribution is 7.84. The molecule has 0 aromatic carbocycles. The molecule has 0 amide bonds. The zero-order valence-corrected chi connectivity index (χ0v) is 11.5. The number of nitrogens with one attached hydrogen (secondary N) is 1. The van der Waals surface area contributed by atoms with Gasteiger partial charge in [0.15, 0.2) is 0 Å². The van der Waals surface area contributed by atoms with Gasteiger partial charge in [0.25, 0.3) is 0 Å². The van der Waals surface area contributed by atoms with Crippen LogP contribution in [0.25, 0.3) is 0 Å². The summed E-state index contributed by atoms with van der Waals surface area (Å²) in [6.07, 6.45) is 4.47. The molecule has 0 aliphatic heterocycles. The molecular formula is C11H21N3OS. The van der Waals surface area contributed by atoms with Crippen LogP contribution in [0.1, 0.15) is 45.9 Å². The number of aryl methyl sites for hydroxylation is 1. The maximum absolute atomic E-state index is 12.0. The highest BCUT2D eigenvalue weighted by Gasteiger charge is 2.23. The summed E-state index contributed by atoms with van der Waals surface area (Å²) in [7, 11) is 0.900. The van der Waals surface area contributed by atoms with Gasteiger partial charge in [-0.25, -0.2) is 13.9 Å². The number of imidazole rings is 1. The maximum atomic E-state index is 12.0. The molecule has 2 atom stereocenters. The molecule has 16 heavy (non-hydrogen) atoms. The fourth-order valence-electron chi connectivity index (χ4n) is 1.36. The second kappa shape index (κ2) is 5.10. The van der Waals surface area contributed by atoms with Gasteiger partial charge >= 0.3 is 0 Å². The number of hydrogen-bond acceptors (Lipinski definition) is 2. The molecule has 1 aromatic rings. The molecule has 0 fully saturated rings. The minimum atomic E-state index is -1.05. The van der Waals surface area contributed by atoms with Crippen molar-refractivity contribution in [2.45, 2.75) is 44.9 Å². The maximum Gasteiger partial charge on any atom is 0.0976 e. The van der Waals surface area contributed by atoms with E-state index >= 15 is 0 Å². The van der Waals surface area contributed by atoms with E-state index in [-0.39, 0.29) is 10.8 Å². The lowest BCUT2D eigenvalue weighted by Crippen LogP contribution is -2.36. The van der Waals surface area contributed by atoms with E-state index in [1.54, 1.807) is 6.33 Å². The Bertz CT molecular complexity index is 368. The molecule has 2 unspecified atom stereocenters. The second-order valence-corrected chi connectivity index (χ2v) is 6.89. The minimum absolute atomic E-state index is 0.0903. The van der Waals surface area contributed by atoms with Crippen LogP contribution < -0.4 is 4.72 Å². The topological polar surface area (TPSA) is 46.9 Å². The van der Waals surface area contributed by atoms with Crippen molar-refractivity contribution in [3.8, 4) is 0 Å². The second-order valence-electron chi connectivity index (χ2n) is 4.89. The minimum Gasteiger partial charge on any atom is -0.336 e. The fraction of sp³-hybridized carbons (Fsp3) is 0.727. The van der Waals surface area contributed by atoms with Crippen molar-refractivity contribution < 1.29 is 4.21 Å². The summed E-state index contributed by atoms with van der Waals surface area (Å²) >= 11 is 0. The Labute approximate surface area is 100 Å². The highest BCUT2D eigenvalue weighted by atomic mass is 32.2. The van der Waals surface area contributed by atoms with Gasteiger partial charge in [-0.1, -0.05) is 6.92 Å². The SMILES string of the molecule is CCC(NS(=O)C(C)(C)C)c1cncn1C. The van der Waals surface area contributed by atoms with E-state index in [1.807, 2.05) is 38.6 Å². The van der Waals surface area contributed by atoms with Crippen LogP contribution in [0, 0.1) is 0 Å². The van der Waals surface area contributed by atoms with Crippen LogP contribution in [0.15, 0.2) is 12.5 Å². The average Bonchev–Trinajstić information content (AvgIpc) is 2.59.